The van der Waals surface area contributed by atoms with E-state index in [-0.39, 0.29) is 10.7 Å². The third-order valence-electron chi connectivity index (χ3n) is 3.40. The first-order valence-corrected chi connectivity index (χ1v) is 7.66. The summed E-state index contributed by atoms with van der Waals surface area (Å²) in [5.41, 5.74) is -1.29. The van der Waals surface area contributed by atoms with Crippen molar-refractivity contribution < 1.29 is 27.2 Å². The van der Waals surface area contributed by atoms with Gasteiger partial charge in [0.2, 0.25) is 11.8 Å². The monoisotopic (exact) mass is 388 g/mol. The molecule has 0 aromatic heterocycles. The van der Waals surface area contributed by atoms with Crippen LogP contribution in [-0.2, 0) is 15.8 Å². The van der Waals surface area contributed by atoms with Gasteiger partial charge in [0, 0.05) is 12.6 Å². The Kier molecular flexibility index (Phi) is 5.86. The van der Waals surface area contributed by atoms with Gasteiger partial charge in [-0.1, -0.05) is 23.7 Å². The van der Waals surface area contributed by atoms with Gasteiger partial charge in [-0.2, -0.15) is 13.2 Å². The Bertz CT molecular complexity index is 840. The molecule has 0 unspecified atom stereocenters. The number of benzene rings is 2. The third kappa shape index (κ3) is 4.72. The summed E-state index contributed by atoms with van der Waals surface area (Å²) in [7, 11) is 0. The normalized spacial score (nSPS) is 11.2. The van der Waals surface area contributed by atoms with Crippen LogP contribution >= 0.6 is 11.6 Å². The maximum absolute atomic E-state index is 13.2. The number of rotatable bonds is 4. The number of carbonyl (C=O) groups is 2. The third-order valence-corrected chi connectivity index (χ3v) is 3.69. The number of nitrogens with zero attached hydrogens (tertiary/aromatic N) is 1. The lowest BCUT2D eigenvalue weighted by atomic mass is 10.1. The van der Waals surface area contributed by atoms with Crippen molar-refractivity contribution in [3.05, 3.63) is 58.9 Å². The van der Waals surface area contributed by atoms with Crippen molar-refractivity contribution in [3.63, 3.8) is 0 Å². The molecule has 9 heteroatoms. The number of anilines is 2. The van der Waals surface area contributed by atoms with Crippen LogP contribution < -0.4 is 10.2 Å². The minimum Gasteiger partial charge on any atom is -0.324 e. The summed E-state index contributed by atoms with van der Waals surface area (Å²) < 4.78 is 52.2. The fourth-order valence-corrected chi connectivity index (χ4v) is 2.38. The number of amides is 2. The van der Waals surface area contributed by atoms with Gasteiger partial charge in [0.05, 0.1) is 16.3 Å². The molecule has 138 valence electrons. The second-order valence-corrected chi connectivity index (χ2v) is 5.70. The average molecular weight is 389 g/mol. The Hall–Kier alpha value is -2.61. The Morgan fingerprint density at radius 1 is 1.15 bits per heavy atom. The van der Waals surface area contributed by atoms with E-state index < -0.39 is 41.6 Å². The summed E-state index contributed by atoms with van der Waals surface area (Å²) in [5, 5.41) is 1.89. The molecule has 0 fully saturated rings. The Labute approximate surface area is 151 Å². The topological polar surface area (TPSA) is 49.4 Å². The molecule has 2 aromatic rings. The van der Waals surface area contributed by atoms with E-state index in [9.17, 15) is 27.2 Å². The number of hydrogen-bond acceptors (Lipinski definition) is 2. The van der Waals surface area contributed by atoms with Crippen LogP contribution in [0.1, 0.15) is 12.5 Å². The highest BCUT2D eigenvalue weighted by molar-refractivity contribution is 6.31. The van der Waals surface area contributed by atoms with Crippen molar-refractivity contribution in [1.29, 1.82) is 0 Å². The van der Waals surface area contributed by atoms with Crippen molar-refractivity contribution in [2.75, 3.05) is 16.8 Å². The van der Waals surface area contributed by atoms with Gasteiger partial charge in [-0.25, -0.2) is 4.39 Å². The summed E-state index contributed by atoms with van der Waals surface area (Å²) in [6.07, 6.45) is -4.64. The molecule has 0 aliphatic rings. The number of para-hydroxylation sites is 1. The zero-order valence-electron chi connectivity index (χ0n) is 13.4. The van der Waals surface area contributed by atoms with E-state index in [4.69, 9.17) is 11.6 Å². The number of alkyl halides is 3. The molecule has 2 aromatic carbocycles. The molecule has 0 heterocycles. The second kappa shape index (κ2) is 7.74. The smallest absolute Gasteiger partial charge is 0.324 e. The standard InChI is InChI=1S/C17H13ClF4N2O2/c1-10(25)24(11-6-7-14(19)13(18)8-11)9-16(26)23-15-5-3-2-4-12(15)17(20,21)22/h2-8H,9H2,1H3,(H,23,26). The van der Waals surface area contributed by atoms with Gasteiger partial charge in [0.15, 0.2) is 0 Å². The Balaban J connectivity index is 2.22. The number of nitrogens with one attached hydrogen (secondary N) is 1. The van der Waals surface area contributed by atoms with Crippen LogP contribution in [0.3, 0.4) is 0 Å². The summed E-state index contributed by atoms with van der Waals surface area (Å²) in [4.78, 5) is 24.9. The molecule has 2 rings (SSSR count). The average Bonchev–Trinajstić information content (AvgIpc) is 2.54. The summed E-state index contributed by atoms with van der Waals surface area (Å²) in [6.45, 7) is 0.595. The first-order chi connectivity index (χ1) is 12.1. The van der Waals surface area contributed by atoms with Gasteiger partial charge in [-0.15, -0.1) is 0 Å². The van der Waals surface area contributed by atoms with E-state index in [0.717, 1.165) is 36.1 Å². The predicted octanol–water partition coefficient (Wildman–Crippen LogP) is 4.49. The lowest BCUT2D eigenvalue weighted by Gasteiger charge is -2.21. The maximum Gasteiger partial charge on any atom is 0.418 e. The molecule has 0 spiro atoms. The minimum absolute atomic E-state index is 0.142. The number of halogens is 5. The van der Waals surface area contributed by atoms with E-state index in [1.165, 1.54) is 18.2 Å². The molecular weight excluding hydrogens is 376 g/mol. The highest BCUT2D eigenvalue weighted by atomic mass is 35.5. The van der Waals surface area contributed by atoms with Crippen LogP contribution in [-0.4, -0.2) is 18.4 Å². The lowest BCUT2D eigenvalue weighted by molar-refractivity contribution is -0.137. The van der Waals surface area contributed by atoms with Crippen LogP contribution in [0.25, 0.3) is 0 Å². The van der Waals surface area contributed by atoms with Gasteiger partial charge in [-0.05, 0) is 30.3 Å². The Morgan fingerprint density at radius 3 is 2.38 bits per heavy atom. The van der Waals surface area contributed by atoms with Crippen molar-refractivity contribution in [1.82, 2.24) is 0 Å². The molecule has 0 radical (unpaired) electrons. The van der Waals surface area contributed by atoms with E-state index in [2.05, 4.69) is 5.32 Å². The zero-order valence-corrected chi connectivity index (χ0v) is 14.2. The highest BCUT2D eigenvalue weighted by Crippen LogP contribution is 2.34. The quantitative estimate of drug-likeness (QED) is 0.784. The van der Waals surface area contributed by atoms with Gasteiger partial charge < -0.3 is 10.2 Å². The molecule has 4 nitrogen and oxygen atoms in total. The summed E-state index contributed by atoms with van der Waals surface area (Å²) in [5.74, 6) is -2.12. The molecule has 0 saturated carbocycles. The van der Waals surface area contributed by atoms with Gasteiger partial charge in [0.1, 0.15) is 12.4 Å². The molecule has 0 bridgehead atoms. The molecule has 0 aliphatic heterocycles. The van der Waals surface area contributed by atoms with E-state index in [1.54, 1.807) is 0 Å². The van der Waals surface area contributed by atoms with Crippen LogP contribution in [0.15, 0.2) is 42.5 Å². The van der Waals surface area contributed by atoms with Crippen molar-refractivity contribution in [2.45, 2.75) is 13.1 Å². The molecule has 0 atom stereocenters. The molecule has 2 amide bonds. The summed E-state index contributed by atoms with van der Waals surface area (Å²) >= 11 is 5.66. The minimum atomic E-state index is -4.64. The Morgan fingerprint density at radius 2 is 1.81 bits per heavy atom. The van der Waals surface area contributed by atoms with Crippen LogP contribution in [0, 0.1) is 5.82 Å². The lowest BCUT2D eigenvalue weighted by Crippen LogP contribution is -2.37. The molecular formula is C17H13ClF4N2O2. The van der Waals surface area contributed by atoms with Crippen molar-refractivity contribution in [3.8, 4) is 0 Å². The van der Waals surface area contributed by atoms with E-state index >= 15 is 0 Å². The first kappa shape index (κ1) is 19.7. The fraction of sp³-hybridized carbons (Fsp3) is 0.176. The maximum atomic E-state index is 13.2. The van der Waals surface area contributed by atoms with Gasteiger partial charge in [-0.3, -0.25) is 9.59 Å². The largest absolute Gasteiger partial charge is 0.418 e. The highest BCUT2D eigenvalue weighted by Gasteiger charge is 2.33. The number of carbonyl (C=O) groups excluding carboxylic acids is 2. The van der Waals surface area contributed by atoms with Crippen molar-refractivity contribution in [2.24, 2.45) is 0 Å². The summed E-state index contributed by atoms with van der Waals surface area (Å²) in [6, 6.07) is 7.87. The van der Waals surface area contributed by atoms with Crippen LogP contribution in [0.4, 0.5) is 28.9 Å². The van der Waals surface area contributed by atoms with E-state index in [1.807, 2.05) is 0 Å². The van der Waals surface area contributed by atoms with Crippen molar-refractivity contribution >= 4 is 34.8 Å². The molecule has 0 aliphatic carbocycles. The van der Waals surface area contributed by atoms with Crippen LogP contribution in [0.2, 0.25) is 5.02 Å². The number of hydrogen-bond donors (Lipinski definition) is 1. The molecule has 0 saturated heterocycles. The van der Waals surface area contributed by atoms with Crippen LogP contribution in [0.5, 0.6) is 0 Å². The SMILES string of the molecule is CC(=O)N(CC(=O)Nc1ccccc1C(F)(F)F)c1ccc(F)c(Cl)c1. The fourth-order valence-electron chi connectivity index (χ4n) is 2.21. The van der Waals surface area contributed by atoms with Gasteiger partial charge in [0.25, 0.3) is 0 Å². The van der Waals surface area contributed by atoms with E-state index in [0.29, 0.717) is 0 Å². The molecule has 1 N–H and O–H groups in total. The zero-order chi connectivity index (χ0) is 19.5. The van der Waals surface area contributed by atoms with Gasteiger partial charge >= 0.3 is 6.18 Å². The first-order valence-electron chi connectivity index (χ1n) is 7.29. The molecule has 26 heavy (non-hydrogen) atoms. The second-order valence-electron chi connectivity index (χ2n) is 5.30. The predicted molar refractivity (Wildman–Crippen MR) is 89.5 cm³/mol.